The van der Waals surface area contributed by atoms with Crippen LogP contribution < -0.4 is 0 Å². The number of sulfonamides is 1. The van der Waals surface area contributed by atoms with Crippen molar-refractivity contribution in [1.82, 2.24) is 4.31 Å². The quantitative estimate of drug-likeness (QED) is 0.704. The van der Waals surface area contributed by atoms with Crippen LogP contribution in [0.15, 0.2) is 12.2 Å². The minimum atomic E-state index is -3.11. The zero-order valence-electron chi connectivity index (χ0n) is 10.6. The third-order valence-corrected chi connectivity index (χ3v) is 4.25. The molecule has 1 atom stereocenters. The molecule has 0 bridgehead atoms. The lowest BCUT2D eigenvalue weighted by Crippen LogP contribution is -2.39. The Morgan fingerprint density at radius 1 is 1.47 bits per heavy atom. The fraction of sp³-hybridized carbons (Fsp3) is 0.750. The molecule has 0 amide bonds. The molecule has 1 rings (SSSR count). The van der Waals surface area contributed by atoms with Gasteiger partial charge in [0, 0.05) is 19.5 Å². The van der Waals surface area contributed by atoms with Gasteiger partial charge in [0.25, 0.3) is 0 Å². The Bertz CT molecular complexity index is 387. The standard InChI is InChI=1S/C12H21NO3S/c1-3-4-7-12(14)9-11-6-5-8-13(10-11)17(2,15)16/h4,7,11H,3,5-6,8-10H2,1-2H3/b7-4+. The van der Waals surface area contributed by atoms with Gasteiger partial charge in [-0.15, -0.1) is 0 Å². The summed E-state index contributed by atoms with van der Waals surface area (Å²) in [5.41, 5.74) is 0. The zero-order chi connectivity index (χ0) is 12.9. The number of hydrogen-bond donors (Lipinski definition) is 0. The summed E-state index contributed by atoms with van der Waals surface area (Å²) >= 11 is 0. The topological polar surface area (TPSA) is 54.5 Å². The largest absolute Gasteiger partial charge is 0.295 e. The third-order valence-electron chi connectivity index (χ3n) is 2.98. The number of ketones is 1. The second-order valence-corrected chi connectivity index (χ2v) is 6.59. The van der Waals surface area contributed by atoms with E-state index in [2.05, 4.69) is 0 Å². The van der Waals surface area contributed by atoms with E-state index in [0.29, 0.717) is 19.5 Å². The maximum absolute atomic E-state index is 11.6. The number of nitrogens with zero attached hydrogens (tertiary/aromatic N) is 1. The minimum Gasteiger partial charge on any atom is -0.295 e. The van der Waals surface area contributed by atoms with Crippen molar-refractivity contribution >= 4 is 15.8 Å². The first-order valence-corrected chi connectivity index (χ1v) is 7.92. The summed E-state index contributed by atoms with van der Waals surface area (Å²) < 4.78 is 24.3. The fourth-order valence-corrected chi connectivity index (χ4v) is 3.04. The van der Waals surface area contributed by atoms with E-state index in [4.69, 9.17) is 0 Å². The molecule has 98 valence electrons. The van der Waals surface area contributed by atoms with Crippen LogP contribution in [-0.2, 0) is 14.8 Å². The highest BCUT2D eigenvalue weighted by molar-refractivity contribution is 7.88. The Kier molecular flexibility index (Phi) is 5.33. The van der Waals surface area contributed by atoms with Crippen molar-refractivity contribution < 1.29 is 13.2 Å². The van der Waals surface area contributed by atoms with Crippen LogP contribution in [0.5, 0.6) is 0 Å². The second-order valence-electron chi connectivity index (χ2n) is 4.61. The van der Waals surface area contributed by atoms with Crippen LogP contribution in [-0.4, -0.2) is 37.9 Å². The van der Waals surface area contributed by atoms with Gasteiger partial charge in [-0.3, -0.25) is 4.79 Å². The molecule has 1 aliphatic heterocycles. The molecular weight excluding hydrogens is 238 g/mol. The molecule has 0 aromatic heterocycles. The van der Waals surface area contributed by atoms with Gasteiger partial charge in [-0.2, -0.15) is 0 Å². The lowest BCUT2D eigenvalue weighted by molar-refractivity contribution is -0.115. The van der Waals surface area contributed by atoms with Crippen LogP contribution in [0.3, 0.4) is 0 Å². The molecule has 1 saturated heterocycles. The molecule has 1 heterocycles. The smallest absolute Gasteiger partial charge is 0.211 e. The number of hydrogen-bond acceptors (Lipinski definition) is 3. The second kappa shape index (κ2) is 6.31. The summed E-state index contributed by atoms with van der Waals surface area (Å²) in [6.07, 6.45) is 7.79. The first-order valence-electron chi connectivity index (χ1n) is 6.08. The molecule has 1 fully saturated rings. The molecule has 0 aromatic carbocycles. The summed E-state index contributed by atoms with van der Waals surface area (Å²) in [7, 11) is -3.11. The molecule has 5 heteroatoms. The Balaban J connectivity index is 2.50. The van der Waals surface area contributed by atoms with Crippen LogP contribution in [0.1, 0.15) is 32.6 Å². The Labute approximate surface area is 104 Å². The van der Waals surface area contributed by atoms with Crippen molar-refractivity contribution in [3.8, 4) is 0 Å². The van der Waals surface area contributed by atoms with E-state index in [1.807, 2.05) is 13.0 Å². The molecule has 0 aliphatic carbocycles. The van der Waals surface area contributed by atoms with Crippen molar-refractivity contribution in [2.75, 3.05) is 19.3 Å². The maximum atomic E-state index is 11.6. The van der Waals surface area contributed by atoms with E-state index in [9.17, 15) is 13.2 Å². The first kappa shape index (κ1) is 14.4. The Morgan fingerprint density at radius 2 is 2.18 bits per heavy atom. The summed E-state index contributed by atoms with van der Waals surface area (Å²) in [6.45, 7) is 3.06. The number of allylic oxidation sites excluding steroid dienone is 2. The average Bonchev–Trinajstić information content (AvgIpc) is 2.25. The lowest BCUT2D eigenvalue weighted by Gasteiger charge is -2.30. The molecule has 17 heavy (non-hydrogen) atoms. The lowest BCUT2D eigenvalue weighted by atomic mass is 9.94. The number of carbonyl (C=O) groups is 1. The van der Waals surface area contributed by atoms with Crippen LogP contribution in [0.4, 0.5) is 0 Å². The molecular formula is C12H21NO3S. The number of rotatable bonds is 5. The van der Waals surface area contributed by atoms with E-state index in [1.165, 1.54) is 10.6 Å². The molecule has 0 radical (unpaired) electrons. The summed E-state index contributed by atoms with van der Waals surface area (Å²) in [4.78, 5) is 11.6. The monoisotopic (exact) mass is 259 g/mol. The van der Waals surface area contributed by atoms with Gasteiger partial charge in [0.15, 0.2) is 5.78 Å². The maximum Gasteiger partial charge on any atom is 0.211 e. The molecule has 0 spiro atoms. The predicted molar refractivity (Wildman–Crippen MR) is 68.2 cm³/mol. The fourth-order valence-electron chi connectivity index (χ4n) is 2.10. The van der Waals surface area contributed by atoms with Crippen LogP contribution in [0.2, 0.25) is 0 Å². The molecule has 0 N–H and O–H groups in total. The van der Waals surface area contributed by atoms with Crippen LogP contribution in [0.25, 0.3) is 0 Å². The van der Waals surface area contributed by atoms with E-state index in [1.54, 1.807) is 6.08 Å². The third kappa shape index (κ3) is 5.00. The summed E-state index contributed by atoms with van der Waals surface area (Å²) in [6, 6.07) is 0. The van der Waals surface area contributed by atoms with Crippen LogP contribution >= 0.6 is 0 Å². The SMILES string of the molecule is CC/C=C/C(=O)CC1CCCN(S(C)(=O)=O)C1. The van der Waals surface area contributed by atoms with Crippen molar-refractivity contribution in [3.05, 3.63) is 12.2 Å². The van der Waals surface area contributed by atoms with Gasteiger partial charge < -0.3 is 0 Å². The van der Waals surface area contributed by atoms with E-state index >= 15 is 0 Å². The van der Waals surface area contributed by atoms with Crippen molar-refractivity contribution in [3.63, 3.8) is 0 Å². The van der Waals surface area contributed by atoms with Gasteiger partial charge in [-0.25, -0.2) is 12.7 Å². The molecule has 1 aliphatic rings. The zero-order valence-corrected chi connectivity index (χ0v) is 11.4. The van der Waals surface area contributed by atoms with Gasteiger partial charge >= 0.3 is 0 Å². The minimum absolute atomic E-state index is 0.104. The molecule has 0 saturated carbocycles. The summed E-state index contributed by atoms with van der Waals surface area (Å²) in [5, 5.41) is 0. The molecule has 4 nitrogen and oxygen atoms in total. The van der Waals surface area contributed by atoms with Crippen LogP contribution in [0, 0.1) is 5.92 Å². The number of piperidine rings is 1. The van der Waals surface area contributed by atoms with Gasteiger partial charge in [-0.1, -0.05) is 13.0 Å². The molecule has 1 unspecified atom stereocenters. The number of carbonyl (C=O) groups excluding carboxylic acids is 1. The van der Waals surface area contributed by atoms with E-state index in [0.717, 1.165) is 19.3 Å². The van der Waals surface area contributed by atoms with E-state index in [-0.39, 0.29) is 11.7 Å². The van der Waals surface area contributed by atoms with Crippen molar-refractivity contribution in [1.29, 1.82) is 0 Å². The van der Waals surface area contributed by atoms with Gasteiger partial charge in [-0.05, 0) is 31.3 Å². The van der Waals surface area contributed by atoms with Gasteiger partial charge in [0.1, 0.15) is 0 Å². The first-order chi connectivity index (χ1) is 7.93. The Hall–Kier alpha value is -0.680. The van der Waals surface area contributed by atoms with E-state index < -0.39 is 10.0 Å². The van der Waals surface area contributed by atoms with Crippen molar-refractivity contribution in [2.24, 2.45) is 5.92 Å². The Morgan fingerprint density at radius 3 is 2.76 bits per heavy atom. The molecule has 0 aromatic rings. The van der Waals surface area contributed by atoms with Gasteiger partial charge in [0.2, 0.25) is 10.0 Å². The highest BCUT2D eigenvalue weighted by atomic mass is 32.2. The summed E-state index contributed by atoms with van der Waals surface area (Å²) in [5.74, 6) is 0.277. The van der Waals surface area contributed by atoms with Crippen molar-refractivity contribution in [2.45, 2.75) is 32.6 Å². The highest BCUT2D eigenvalue weighted by Gasteiger charge is 2.26. The average molecular weight is 259 g/mol. The van der Waals surface area contributed by atoms with Gasteiger partial charge in [0.05, 0.1) is 6.26 Å². The normalized spacial score (nSPS) is 23.1. The predicted octanol–water partition coefficient (Wildman–Crippen LogP) is 1.58. The highest BCUT2D eigenvalue weighted by Crippen LogP contribution is 2.21.